The van der Waals surface area contributed by atoms with Gasteiger partial charge in [-0.25, -0.2) is 4.79 Å². The van der Waals surface area contributed by atoms with Crippen molar-refractivity contribution in [2.45, 2.75) is 19.4 Å². The van der Waals surface area contributed by atoms with E-state index < -0.39 is 5.97 Å². The third-order valence-corrected chi connectivity index (χ3v) is 4.60. The molecule has 0 unspecified atom stereocenters. The van der Waals surface area contributed by atoms with Gasteiger partial charge in [-0.15, -0.1) is 0 Å². The molecule has 5 nitrogen and oxygen atoms in total. The summed E-state index contributed by atoms with van der Waals surface area (Å²) in [5, 5.41) is 9.11. The number of carboxylic acid groups (broad SMARTS) is 1. The summed E-state index contributed by atoms with van der Waals surface area (Å²) in [4.78, 5) is 16.0. The highest BCUT2D eigenvalue weighted by molar-refractivity contribution is 5.87. The Morgan fingerprint density at radius 1 is 1.09 bits per heavy atom. The van der Waals surface area contributed by atoms with E-state index in [0.717, 1.165) is 65.3 Å². The van der Waals surface area contributed by atoms with Crippen molar-refractivity contribution in [3.8, 4) is 0 Å². The number of rotatable bonds is 5. The Morgan fingerprint density at radius 3 is 2.64 bits per heavy atom. The summed E-state index contributed by atoms with van der Waals surface area (Å²) in [5.41, 5.74) is 2.88. The van der Waals surface area contributed by atoms with Crippen molar-refractivity contribution in [2.24, 2.45) is 0 Å². The largest absolute Gasteiger partial charge is 0.478 e. The van der Waals surface area contributed by atoms with Crippen molar-refractivity contribution >= 4 is 5.97 Å². The summed E-state index contributed by atoms with van der Waals surface area (Å²) in [6.07, 6.45) is 2.18. The first-order valence-electron chi connectivity index (χ1n) is 8.10. The molecule has 2 aliphatic rings. The lowest BCUT2D eigenvalue weighted by Crippen LogP contribution is -2.38. The highest BCUT2D eigenvalue weighted by atomic mass is 16.5. The number of benzene rings is 1. The van der Waals surface area contributed by atoms with E-state index >= 15 is 0 Å². The molecule has 1 aromatic carbocycles. The van der Waals surface area contributed by atoms with Gasteiger partial charge in [0.2, 0.25) is 0 Å². The molecule has 1 N–H and O–H groups in total. The fourth-order valence-corrected chi connectivity index (χ4v) is 3.28. The minimum atomic E-state index is -0.841. The quantitative estimate of drug-likeness (QED) is 0.892. The van der Waals surface area contributed by atoms with Gasteiger partial charge in [0.05, 0.1) is 18.8 Å². The molecule has 0 amide bonds. The molecule has 1 saturated heterocycles. The second-order valence-electron chi connectivity index (χ2n) is 6.12. The Kier molecular flexibility index (Phi) is 5.08. The van der Waals surface area contributed by atoms with Gasteiger partial charge in [0.1, 0.15) is 0 Å². The lowest BCUT2D eigenvalue weighted by atomic mass is 9.97. The van der Waals surface area contributed by atoms with E-state index in [2.05, 4.69) is 9.80 Å². The molecular formula is C17H24N2O3. The van der Waals surface area contributed by atoms with Crippen molar-refractivity contribution < 1.29 is 14.6 Å². The fourth-order valence-electron chi connectivity index (χ4n) is 3.28. The predicted octanol–water partition coefficient (Wildman–Crippen LogP) is 1.47. The first kappa shape index (κ1) is 15.5. The Balaban J connectivity index is 1.50. The van der Waals surface area contributed by atoms with E-state index in [4.69, 9.17) is 9.84 Å². The molecule has 3 rings (SSSR count). The zero-order valence-corrected chi connectivity index (χ0v) is 13.0. The topological polar surface area (TPSA) is 53.0 Å². The normalized spacial score (nSPS) is 19.8. The standard InChI is InChI=1S/C17H24N2O3/c20-17(21)15-3-2-14-4-7-19(13-16(14)12-15)6-1-5-18-8-10-22-11-9-18/h2-3,12H,1,4-11,13H2,(H,20,21). The van der Waals surface area contributed by atoms with Gasteiger partial charge in [0.25, 0.3) is 0 Å². The van der Waals surface area contributed by atoms with Crippen LogP contribution in [-0.2, 0) is 17.7 Å². The molecular weight excluding hydrogens is 280 g/mol. The summed E-state index contributed by atoms with van der Waals surface area (Å²) in [6, 6.07) is 5.53. The molecule has 120 valence electrons. The highest BCUT2D eigenvalue weighted by Crippen LogP contribution is 2.20. The first-order valence-corrected chi connectivity index (χ1v) is 8.10. The minimum absolute atomic E-state index is 0.397. The van der Waals surface area contributed by atoms with E-state index in [0.29, 0.717) is 5.56 Å². The van der Waals surface area contributed by atoms with Crippen molar-refractivity contribution in [2.75, 3.05) is 45.9 Å². The average molecular weight is 304 g/mol. The van der Waals surface area contributed by atoms with Crippen LogP contribution in [0.4, 0.5) is 0 Å². The highest BCUT2D eigenvalue weighted by Gasteiger charge is 2.18. The van der Waals surface area contributed by atoms with Crippen LogP contribution in [0.1, 0.15) is 27.9 Å². The number of aromatic carboxylic acids is 1. The van der Waals surface area contributed by atoms with Crippen molar-refractivity contribution in [1.29, 1.82) is 0 Å². The molecule has 2 heterocycles. The maximum atomic E-state index is 11.1. The molecule has 0 aliphatic carbocycles. The molecule has 5 heteroatoms. The van der Waals surface area contributed by atoms with E-state index in [1.807, 2.05) is 12.1 Å². The predicted molar refractivity (Wildman–Crippen MR) is 84.3 cm³/mol. The SMILES string of the molecule is O=C(O)c1ccc2c(c1)CN(CCCN1CCOCC1)CC2. The zero-order valence-electron chi connectivity index (χ0n) is 13.0. The van der Waals surface area contributed by atoms with Crippen LogP contribution >= 0.6 is 0 Å². The zero-order chi connectivity index (χ0) is 15.4. The number of nitrogens with zero attached hydrogens (tertiary/aromatic N) is 2. The summed E-state index contributed by atoms with van der Waals surface area (Å²) >= 11 is 0. The van der Waals surface area contributed by atoms with Gasteiger partial charge < -0.3 is 9.84 Å². The monoisotopic (exact) mass is 304 g/mol. The van der Waals surface area contributed by atoms with E-state index in [-0.39, 0.29) is 0 Å². The van der Waals surface area contributed by atoms with Crippen molar-refractivity contribution in [3.05, 3.63) is 34.9 Å². The Hall–Kier alpha value is -1.43. The van der Waals surface area contributed by atoms with Crippen LogP contribution < -0.4 is 0 Å². The molecule has 0 atom stereocenters. The number of ether oxygens (including phenoxy) is 1. The van der Waals surface area contributed by atoms with Gasteiger partial charge in [-0.1, -0.05) is 6.07 Å². The summed E-state index contributed by atoms with van der Waals surface area (Å²) in [6.45, 7) is 7.96. The van der Waals surface area contributed by atoms with Gasteiger partial charge in [-0.05, 0) is 49.2 Å². The van der Waals surface area contributed by atoms with Gasteiger partial charge in [0, 0.05) is 26.2 Å². The number of carboxylic acids is 1. The number of fused-ring (bicyclic) bond motifs is 1. The molecule has 0 spiro atoms. The van der Waals surface area contributed by atoms with Gasteiger partial charge in [0.15, 0.2) is 0 Å². The second-order valence-corrected chi connectivity index (χ2v) is 6.12. The minimum Gasteiger partial charge on any atom is -0.478 e. The van der Waals surface area contributed by atoms with Crippen LogP contribution in [-0.4, -0.2) is 66.8 Å². The number of hydrogen-bond acceptors (Lipinski definition) is 4. The van der Waals surface area contributed by atoms with Crippen molar-refractivity contribution in [1.82, 2.24) is 9.80 Å². The molecule has 0 radical (unpaired) electrons. The Bertz CT molecular complexity index is 527. The summed E-state index contributed by atoms with van der Waals surface area (Å²) < 4.78 is 5.37. The maximum absolute atomic E-state index is 11.1. The van der Waals surface area contributed by atoms with E-state index in [1.165, 1.54) is 11.1 Å². The van der Waals surface area contributed by atoms with Crippen LogP contribution in [0.15, 0.2) is 18.2 Å². The van der Waals surface area contributed by atoms with Gasteiger partial charge in [-0.2, -0.15) is 0 Å². The van der Waals surface area contributed by atoms with Crippen LogP contribution in [0.2, 0.25) is 0 Å². The molecule has 0 aromatic heterocycles. The Labute approximate surface area is 131 Å². The third kappa shape index (κ3) is 3.85. The molecule has 0 saturated carbocycles. The molecule has 2 aliphatic heterocycles. The average Bonchev–Trinajstić information content (AvgIpc) is 2.55. The summed E-state index contributed by atoms with van der Waals surface area (Å²) in [5.74, 6) is -0.841. The van der Waals surface area contributed by atoms with Gasteiger partial charge in [-0.3, -0.25) is 9.80 Å². The lowest BCUT2D eigenvalue weighted by molar-refractivity contribution is 0.0359. The third-order valence-electron chi connectivity index (χ3n) is 4.60. The van der Waals surface area contributed by atoms with E-state index in [9.17, 15) is 4.79 Å². The van der Waals surface area contributed by atoms with Crippen LogP contribution in [0, 0.1) is 0 Å². The lowest BCUT2D eigenvalue weighted by Gasteiger charge is -2.31. The van der Waals surface area contributed by atoms with E-state index in [1.54, 1.807) is 6.07 Å². The number of carbonyl (C=O) groups is 1. The maximum Gasteiger partial charge on any atom is 0.335 e. The number of hydrogen-bond donors (Lipinski definition) is 1. The van der Waals surface area contributed by atoms with Crippen molar-refractivity contribution in [3.63, 3.8) is 0 Å². The molecule has 0 bridgehead atoms. The van der Waals surface area contributed by atoms with Gasteiger partial charge >= 0.3 is 5.97 Å². The van der Waals surface area contributed by atoms with Crippen LogP contribution in [0.5, 0.6) is 0 Å². The number of morpholine rings is 1. The Morgan fingerprint density at radius 2 is 1.86 bits per heavy atom. The summed E-state index contributed by atoms with van der Waals surface area (Å²) in [7, 11) is 0. The fraction of sp³-hybridized carbons (Fsp3) is 0.588. The molecule has 22 heavy (non-hydrogen) atoms. The van der Waals surface area contributed by atoms with Crippen LogP contribution in [0.25, 0.3) is 0 Å². The smallest absolute Gasteiger partial charge is 0.335 e. The molecule has 1 aromatic rings. The molecule has 1 fully saturated rings. The second kappa shape index (κ2) is 7.22. The van der Waals surface area contributed by atoms with Crippen LogP contribution in [0.3, 0.4) is 0 Å². The first-order chi connectivity index (χ1) is 10.7.